The van der Waals surface area contributed by atoms with Crippen LogP contribution in [0.5, 0.6) is 0 Å². The van der Waals surface area contributed by atoms with Crippen LogP contribution in [0.25, 0.3) is 10.9 Å². The van der Waals surface area contributed by atoms with Crippen molar-refractivity contribution in [2.24, 2.45) is 0 Å². The fraction of sp³-hybridized carbons (Fsp3) is 0.385. The Morgan fingerprint density at radius 3 is 2.61 bits per heavy atom. The van der Waals surface area contributed by atoms with Crippen LogP contribution in [0, 0.1) is 0 Å². The van der Waals surface area contributed by atoms with E-state index in [1.807, 2.05) is 23.1 Å². The van der Waals surface area contributed by atoms with Gasteiger partial charge in [0.1, 0.15) is 0 Å². The van der Waals surface area contributed by atoms with Crippen molar-refractivity contribution >= 4 is 22.5 Å². The molecule has 1 aromatic heterocycles. The van der Waals surface area contributed by atoms with E-state index >= 15 is 0 Å². The molecule has 0 aliphatic carbocycles. The second kappa shape index (κ2) is 7.34. The molecule has 2 atom stereocenters. The fourth-order valence-electron chi connectivity index (χ4n) is 5.65. The summed E-state index contributed by atoms with van der Waals surface area (Å²) in [5.74, 6) is 0.178. The van der Waals surface area contributed by atoms with Gasteiger partial charge in [-0.25, -0.2) is 0 Å². The lowest BCUT2D eigenvalue weighted by Crippen LogP contribution is -2.52. The number of benzene rings is 2. The predicted molar refractivity (Wildman–Crippen MR) is 123 cm³/mol. The van der Waals surface area contributed by atoms with E-state index in [0.717, 1.165) is 47.4 Å². The SMILES string of the molecule is CN1C2CCC1CN(c1cccc3c1C(=O)N(CCc1ccc4ccccc4n1)C3)C2. The molecule has 2 saturated heterocycles. The highest BCUT2D eigenvalue weighted by Gasteiger charge is 2.39. The molecule has 2 unspecified atom stereocenters. The van der Waals surface area contributed by atoms with Gasteiger partial charge in [0.05, 0.1) is 11.1 Å². The van der Waals surface area contributed by atoms with E-state index in [4.69, 9.17) is 4.98 Å². The normalized spacial score (nSPS) is 23.1. The minimum absolute atomic E-state index is 0.178. The van der Waals surface area contributed by atoms with Gasteiger partial charge in [-0.15, -0.1) is 0 Å². The Kier molecular flexibility index (Phi) is 4.46. The molecule has 1 amide bonds. The number of hydrogen-bond donors (Lipinski definition) is 0. The average Bonchev–Trinajstić information content (AvgIpc) is 3.20. The second-order valence-electron chi connectivity index (χ2n) is 9.24. The Labute approximate surface area is 183 Å². The number of carbonyl (C=O) groups excluding carboxylic acids is 1. The second-order valence-corrected chi connectivity index (χ2v) is 9.24. The molecule has 6 rings (SSSR count). The lowest BCUT2D eigenvalue weighted by molar-refractivity contribution is 0.0780. The van der Waals surface area contributed by atoms with E-state index in [-0.39, 0.29) is 5.91 Å². The standard InChI is InChI=1S/C26H28N4O/c1-28-21-11-12-22(28)17-30(16-21)24-8-4-6-19-15-29(26(31)25(19)24)14-13-20-10-9-18-5-2-3-7-23(18)27-20/h2-10,21-22H,11-17H2,1H3. The molecule has 2 fully saturated rings. The summed E-state index contributed by atoms with van der Waals surface area (Å²) in [5, 5.41) is 1.15. The molecule has 31 heavy (non-hydrogen) atoms. The number of carbonyl (C=O) groups is 1. The van der Waals surface area contributed by atoms with Crippen molar-refractivity contribution in [1.82, 2.24) is 14.8 Å². The molecule has 3 aliphatic rings. The first-order chi connectivity index (χ1) is 15.2. The highest BCUT2D eigenvalue weighted by atomic mass is 16.2. The number of rotatable bonds is 4. The van der Waals surface area contributed by atoms with Gasteiger partial charge in [-0.2, -0.15) is 0 Å². The van der Waals surface area contributed by atoms with Gasteiger partial charge in [0.25, 0.3) is 5.91 Å². The Bertz CT molecular complexity index is 1150. The minimum Gasteiger partial charge on any atom is -0.368 e. The highest BCUT2D eigenvalue weighted by molar-refractivity contribution is 6.03. The third kappa shape index (κ3) is 3.19. The van der Waals surface area contributed by atoms with Gasteiger partial charge in [0, 0.05) is 61.5 Å². The number of likely N-dealkylation sites (N-methyl/N-ethyl adjacent to an activating group) is 1. The third-order valence-corrected chi connectivity index (χ3v) is 7.47. The number of para-hydroxylation sites is 1. The number of nitrogens with zero attached hydrogens (tertiary/aromatic N) is 4. The quantitative estimate of drug-likeness (QED) is 0.655. The number of aromatic nitrogens is 1. The van der Waals surface area contributed by atoms with E-state index in [9.17, 15) is 4.79 Å². The first-order valence-electron chi connectivity index (χ1n) is 11.4. The number of fused-ring (bicyclic) bond motifs is 4. The number of hydrogen-bond acceptors (Lipinski definition) is 4. The largest absolute Gasteiger partial charge is 0.368 e. The molecule has 158 valence electrons. The molecule has 3 aliphatic heterocycles. The number of piperazine rings is 1. The molecule has 2 bridgehead atoms. The van der Waals surface area contributed by atoms with Gasteiger partial charge in [-0.3, -0.25) is 14.7 Å². The third-order valence-electron chi connectivity index (χ3n) is 7.47. The van der Waals surface area contributed by atoms with Gasteiger partial charge in [0.2, 0.25) is 0 Å². The maximum Gasteiger partial charge on any atom is 0.256 e. The minimum atomic E-state index is 0.178. The summed E-state index contributed by atoms with van der Waals surface area (Å²) in [6, 6.07) is 20.0. The summed E-state index contributed by atoms with van der Waals surface area (Å²) < 4.78 is 0. The summed E-state index contributed by atoms with van der Waals surface area (Å²) in [6.45, 7) is 3.46. The van der Waals surface area contributed by atoms with Gasteiger partial charge in [-0.05, 0) is 43.7 Å². The van der Waals surface area contributed by atoms with E-state index in [1.54, 1.807) is 0 Å². The molecule has 5 nitrogen and oxygen atoms in total. The molecule has 0 N–H and O–H groups in total. The zero-order valence-corrected chi connectivity index (χ0v) is 18.0. The van der Waals surface area contributed by atoms with Crippen LogP contribution in [0.1, 0.15) is 34.5 Å². The Morgan fingerprint density at radius 2 is 1.77 bits per heavy atom. The van der Waals surface area contributed by atoms with Crippen LogP contribution in [0.3, 0.4) is 0 Å². The van der Waals surface area contributed by atoms with Crippen molar-refractivity contribution in [3.8, 4) is 0 Å². The van der Waals surface area contributed by atoms with E-state index in [0.29, 0.717) is 25.2 Å². The summed E-state index contributed by atoms with van der Waals surface area (Å²) >= 11 is 0. The molecule has 0 radical (unpaired) electrons. The van der Waals surface area contributed by atoms with Crippen molar-refractivity contribution in [3.05, 3.63) is 71.4 Å². The molecule has 0 spiro atoms. The van der Waals surface area contributed by atoms with Crippen LogP contribution >= 0.6 is 0 Å². The van der Waals surface area contributed by atoms with Gasteiger partial charge in [0.15, 0.2) is 0 Å². The number of amides is 1. The first kappa shape index (κ1) is 18.8. The van der Waals surface area contributed by atoms with Crippen LogP contribution < -0.4 is 4.90 Å². The first-order valence-corrected chi connectivity index (χ1v) is 11.4. The van der Waals surface area contributed by atoms with Crippen molar-refractivity contribution in [2.45, 2.75) is 37.9 Å². The van der Waals surface area contributed by atoms with Crippen LogP contribution in [0.15, 0.2) is 54.6 Å². The van der Waals surface area contributed by atoms with Gasteiger partial charge in [-0.1, -0.05) is 36.4 Å². The zero-order valence-electron chi connectivity index (χ0n) is 18.0. The van der Waals surface area contributed by atoms with Crippen LogP contribution in [-0.4, -0.2) is 59.5 Å². The number of pyridine rings is 1. The molecule has 3 aromatic rings. The Morgan fingerprint density at radius 1 is 0.968 bits per heavy atom. The molecule has 5 heteroatoms. The Hall–Kier alpha value is -2.92. The van der Waals surface area contributed by atoms with E-state index in [2.05, 4.69) is 53.2 Å². The highest BCUT2D eigenvalue weighted by Crippen LogP contribution is 2.36. The summed E-state index contributed by atoms with van der Waals surface area (Å²) in [4.78, 5) is 25.2. The average molecular weight is 413 g/mol. The van der Waals surface area contributed by atoms with Crippen molar-refractivity contribution < 1.29 is 4.79 Å². The van der Waals surface area contributed by atoms with Gasteiger partial charge >= 0.3 is 0 Å². The molecule has 2 aromatic carbocycles. The van der Waals surface area contributed by atoms with Crippen molar-refractivity contribution in [3.63, 3.8) is 0 Å². The van der Waals surface area contributed by atoms with Crippen molar-refractivity contribution in [2.75, 3.05) is 31.6 Å². The van der Waals surface area contributed by atoms with Gasteiger partial charge < -0.3 is 9.80 Å². The lowest BCUT2D eigenvalue weighted by atomic mass is 10.0. The molecular formula is C26H28N4O. The van der Waals surface area contributed by atoms with Crippen LogP contribution in [0.4, 0.5) is 5.69 Å². The lowest BCUT2D eigenvalue weighted by Gasteiger charge is -2.40. The van der Waals surface area contributed by atoms with Crippen molar-refractivity contribution in [1.29, 1.82) is 0 Å². The smallest absolute Gasteiger partial charge is 0.256 e. The Balaban J connectivity index is 1.20. The molecule has 4 heterocycles. The maximum absolute atomic E-state index is 13.4. The zero-order chi connectivity index (χ0) is 20.9. The topological polar surface area (TPSA) is 39.7 Å². The summed E-state index contributed by atoms with van der Waals surface area (Å²) in [7, 11) is 2.25. The maximum atomic E-state index is 13.4. The molecular weight excluding hydrogens is 384 g/mol. The van der Waals surface area contributed by atoms with Crippen LogP contribution in [0.2, 0.25) is 0 Å². The monoisotopic (exact) mass is 412 g/mol. The fourth-order valence-corrected chi connectivity index (χ4v) is 5.65. The predicted octanol–water partition coefficient (Wildman–Crippen LogP) is 3.72. The summed E-state index contributed by atoms with van der Waals surface area (Å²) in [6.07, 6.45) is 3.32. The van der Waals surface area contributed by atoms with Crippen LogP contribution in [-0.2, 0) is 13.0 Å². The summed E-state index contributed by atoms with van der Waals surface area (Å²) in [5.41, 5.74) is 5.29. The van der Waals surface area contributed by atoms with E-state index in [1.165, 1.54) is 18.4 Å². The number of anilines is 1. The van der Waals surface area contributed by atoms with E-state index < -0.39 is 0 Å². The molecule has 0 saturated carbocycles.